The number of alkyl carbamates (subject to hydrolysis) is 1. The molecule has 12 nitrogen and oxygen atoms in total. The van der Waals surface area contributed by atoms with E-state index in [0.29, 0.717) is 37.4 Å². The Balaban J connectivity index is 1.36. The first-order valence-electron chi connectivity index (χ1n) is 16.0. The molecule has 4 aliphatic rings. The van der Waals surface area contributed by atoms with Gasteiger partial charge < -0.3 is 35.0 Å². The number of nitrogens with zero attached hydrogens (tertiary/aromatic N) is 2. The van der Waals surface area contributed by atoms with Gasteiger partial charge in [-0.05, 0) is 76.1 Å². The first kappa shape index (κ1) is 33.6. The molecule has 1 aromatic rings. The van der Waals surface area contributed by atoms with Gasteiger partial charge in [0.25, 0.3) is 0 Å². The van der Waals surface area contributed by atoms with Crippen molar-refractivity contribution in [2.45, 2.75) is 108 Å². The van der Waals surface area contributed by atoms with Crippen molar-refractivity contribution >= 4 is 41.6 Å². The maximum Gasteiger partial charge on any atom is 0.410 e. The predicted molar refractivity (Wildman–Crippen MR) is 168 cm³/mol. The fourth-order valence-electron chi connectivity index (χ4n) is 6.50. The van der Waals surface area contributed by atoms with Crippen LogP contribution >= 0.6 is 11.6 Å². The molecule has 5 atom stereocenters. The van der Waals surface area contributed by atoms with Crippen LogP contribution in [0.2, 0.25) is 5.02 Å². The average molecular weight is 659 g/mol. The Morgan fingerprint density at radius 1 is 1.13 bits per heavy atom. The van der Waals surface area contributed by atoms with Crippen LogP contribution in [0.4, 0.5) is 9.59 Å². The number of amides is 4. The summed E-state index contributed by atoms with van der Waals surface area (Å²) in [4.78, 5) is 69.2. The molecule has 0 bridgehead atoms. The molecule has 46 heavy (non-hydrogen) atoms. The third kappa shape index (κ3) is 7.76. The second-order valence-electron chi connectivity index (χ2n) is 13.7. The summed E-state index contributed by atoms with van der Waals surface area (Å²) in [7, 11) is 0. The smallest absolute Gasteiger partial charge is 0.410 e. The number of hydrogen-bond acceptors (Lipinski definition) is 7. The van der Waals surface area contributed by atoms with Crippen LogP contribution in [0.25, 0.3) is 0 Å². The van der Waals surface area contributed by atoms with Gasteiger partial charge in [0.1, 0.15) is 29.3 Å². The summed E-state index contributed by atoms with van der Waals surface area (Å²) in [6.07, 6.45) is 5.75. The topological polar surface area (TPSA) is 155 Å². The van der Waals surface area contributed by atoms with Crippen molar-refractivity contribution in [3.05, 3.63) is 46.5 Å². The van der Waals surface area contributed by atoms with Gasteiger partial charge in [-0.3, -0.25) is 9.59 Å². The van der Waals surface area contributed by atoms with Gasteiger partial charge in [0.15, 0.2) is 0 Å². The lowest BCUT2D eigenvalue weighted by atomic mass is 10.0. The normalized spacial score (nSPS) is 29.1. The Bertz CT molecular complexity index is 1410. The largest absolute Gasteiger partial charge is 0.479 e. The molecule has 250 valence electrons. The minimum atomic E-state index is -1.46. The molecule has 0 radical (unpaired) electrons. The maximum atomic E-state index is 14.1. The maximum absolute atomic E-state index is 14.1. The third-order valence-electron chi connectivity index (χ3n) is 9.02. The molecule has 2 fully saturated rings. The lowest BCUT2D eigenvalue weighted by Crippen LogP contribution is -2.56. The number of carbonyl (C=O) groups is 5. The molecule has 0 unspecified atom stereocenters. The van der Waals surface area contributed by atoms with Gasteiger partial charge in [0, 0.05) is 30.5 Å². The molecule has 3 heterocycles. The highest BCUT2D eigenvalue weighted by atomic mass is 35.5. The van der Waals surface area contributed by atoms with E-state index in [0.717, 1.165) is 30.4 Å². The quantitative estimate of drug-likeness (QED) is 0.409. The van der Waals surface area contributed by atoms with Crippen LogP contribution in [0.3, 0.4) is 0 Å². The Morgan fingerprint density at radius 3 is 2.65 bits per heavy atom. The number of carboxylic acid groups (broad SMARTS) is 1. The summed E-state index contributed by atoms with van der Waals surface area (Å²) >= 11 is 6.17. The molecule has 1 saturated heterocycles. The van der Waals surface area contributed by atoms with E-state index in [9.17, 15) is 29.1 Å². The third-order valence-corrected chi connectivity index (χ3v) is 9.25. The molecule has 4 amide bonds. The number of nitrogens with one attached hydrogen (secondary N) is 2. The molecule has 0 spiro atoms. The fourth-order valence-corrected chi connectivity index (χ4v) is 6.69. The molecule has 0 aromatic heterocycles. The van der Waals surface area contributed by atoms with Gasteiger partial charge in [-0.15, -0.1) is 0 Å². The molecule has 1 aliphatic carbocycles. The molecule has 3 N–H and O–H groups in total. The van der Waals surface area contributed by atoms with Crippen LogP contribution in [-0.2, 0) is 36.8 Å². The number of benzene rings is 1. The number of allylic oxidation sites excluding steroid dienone is 1. The van der Waals surface area contributed by atoms with Crippen molar-refractivity contribution in [3.63, 3.8) is 0 Å². The van der Waals surface area contributed by atoms with E-state index >= 15 is 0 Å². The SMILES string of the molecule is CC(C)(C)OC(=O)N[C@H]1CCCCC/C=C/[C@@H]2C[C@@]2(C(=O)O)NC(=O)[C@@H]2C[C@@H](OC(=O)N3CCc4ccc(Cl)cc4C3)CN2C1=O. The van der Waals surface area contributed by atoms with Crippen LogP contribution in [0.15, 0.2) is 30.4 Å². The molecule has 1 aromatic carbocycles. The highest BCUT2D eigenvalue weighted by Gasteiger charge is 2.61. The number of aliphatic carboxylic acids is 1. The molecule has 3 aliphatic heterocycles. The number of carbonyl (C=O) groups excluding carboxylic acids is 4. The van der Waals surface area contributed by atoms with Gasteiger partial charge >= 0.3 is 18.2 Å². The van der Waals surface area contributed by atoms with Crippen LogP contribution in [-0.4, -0.2) is 87.3 Å². The van der Waals surface area contributed by atoms with E-state index in [1.807, 2.05) is 30.4 Å². The molecule has 5 rings (SSSR count). The number of ether oxygens (including phenoxy) is 2. The minimum absolute atomic E-state index is 0.0189. The zero-order valence-corrected chi connectivity index (χ0v) is 27.3. The fraction of sp³-hybridized carbons (Fsp3) is 0.606. The highest BCUT2D eigenvalue weighted by molar-refractivity contribution is 6.30. The number of fused-ring (bicyclic) bond motifs is 3. The second-order valence-corrected chi connectivity index (χ2v) is 14.1. The van der Waals surface area contributed by atoms with Crippen LogP contribution < -0.4 is 10.6 Å². The zero-order valence-electron chi connectivity index (χ0n) is 26.6. The van der Waals surface area contributed by atoms with Crippen molar-refractivity contribution in [1.82, 2.24) is 20.4 Å². The minimum Gasteiger partial charge on any atom is -0.479 e. The highest BCUT2D eigenvalue weighted by Crippen LogP contribution is 2.45. The van der Waals surface area contributed by atoms with E-state index in [4.69, 9.17) is 21.1 Å². The van der Waals surface area contributed by atoms with Crippen LogP contribution in [0.5, 0.6) is 0 Å². The summed E-state index contributed by atoms with van der Waals surface area (Å²) in [6.45, 7) is 5.82. The zero-order chi connectivity index (χ0) is 33.2. The number of rotatable bonds is 3. The van der Waals surface area contributed by atoms with Crippen molar-refractivity contribution in [2.24, 2.45) is 5.92 Å². The summed E-state index contributed by atoms with van der Waals surface area (Å²) in [5, 5.41) is 16.0. The molecular formula is C33H43ClN4O8. The van der Waals surface area contributed by atoms with Crippen molar-refractivity contribution in [1.29, 1.82) is 0 Å². The lowest BCUT2D eigenvalue weighted by molar-refractivity contribution is -0.145. The Hall–Kier alpha value is -3.80. The van der Waals surface area contributed by atoms with E-state index in [1.54, 1.807) is 25.7 Å². The van der Waals surface area contributed by atoms with Gasteiger partial charge in [0.2, 0.25) is 11.8 Å². The molecular weight excluding hydrogens is 616 g/mol. The first-order chi connectivity index (χ1) is 21.8. The van der Waals surface area contributed by atoms with Gasteiger partial charge in [-0.25, -0.2) is 14.4 Å². The van der Waals surface area contributed by atoms with Gasteiger partial charge in [-0.2, -0.15) is 0 Å². The van der Waals surface area contributed by atoms with E-state index in [2.05, 4.69) is 10.6 Å². The first-order valence-corrected chi connectivity index (χ1v) is 16.4. The van der Waals surface area contributed by atoms with Crippen LogP contribution in [0, 0.1) is 5.92 Å². The van der Waals surface area contributed by atoms with Crippen molar-refractivity contribution < 1.29 is 38.6 Å². The van der Waals surface area contributed by atoms with Crippen molar-refractivity contribution in [3.8, 4) is 0 Å². The predicted octanol–water partition coefficient (Wildman–Crippen LogP) is 4.18. The second kappa shape index (κ2) is 13.5. The van der Waals surface area contributed by atoms with Gasteiger partial charge in [0.05, 0.1) is 6.54 Å². The average Bonchev–Trinajstić information content (AvgIpc) is 3.51. The number of halogens is 1. The summed E-state index contributed by atoms with van der Waals surface area (Å²) in [6, 6.07) is 3.47. The Morgan fingerprint density at radius 2 is 1.91 bits per heavy atom. The lowest BCUT2D eigenvalue weighted by Gasteiger charge is -2.30. The summed E-state index contributed by atoms with van der Waals surface area (Å²) < 4.78 is 11.3. The summed E-state index contributed by atoms with van der Waals surface area (Å²) in [5.74, 6) is -2.67. The summed E-state index contributed by atoms with van der Waals surface area (Å²) in [5.41, 5.74) is -0.228. The Kier molecular flexibility index (Phi) is 9.86. The Labute approximate surface area is 273 Å². The van der Waals surface area contributed by atoms with E-state index < -0.39 is 59.3 Å². The molecule has 13 heteroatoms. The van der Waals surface area contributed by atoms with Gasteiger partial charge in [-0.1, -0.05) is 42.7 Å². The number of hydrogen-bond donors (Lipinski definition) is 3. The van der Waals surface area contributed by atoms with Crippen molar-refractivity contribution in [2.75, 3.05) is 13.1 Å². The van der Waals surface area contributed by atoms with Crippen LogP contribution in [0.1, 0.15) is 76.8 Å². The number of carboxylic acids is 1. The van der Waals surface area contributed by atoms with E-state index in [1.165, 1.54) is 4.90 Å². The standard InChI is InChI=1S/C33H43ClN4O8/c1-32(2,3)46-30(43)35-25-10-8-6-4-5-7-9-22-17-33(22,29(41)42)36-27(39)26-16-24(19-38(26)28(25)40)45-31(44)37-14-13-20-11-12-23(34)15-21(20)18-37/h7,9,11-12,15,22,24-26H,4-6,8,10,13-14,16-19H2,1-3H3,(H,35,43)(H,36,39)(H,41,42)/b9-7+/t22-,24-,25+,26+,33-/m1/s1. The van der Waals surface area contributed by atoms with E-state index in [-0.39, 0.29) is 25.3 Å². The monoisotopic (exact) mass is 658 g/mol. The molecule has 1 saturated carbocycles.